The molecular weight excluding hydrogens is 304 g/mol. The van der Waals surface area contributed by atoms with E-state index in [0.29, 0.717) is 6.54 Å². The van der Waals surface area contributed by atoms with Crippen LogP contribution >= 0.6 is 0 Å². The molecule has 7 nitrogen and oxygen atoms in total. The van der Waals surface area contributed by atoms with Crippen molar-refractivity contribution in [2.45, 2.75) is 31.3 Å². The highest BCUT2D eigenvalue weighted by Gasteiger charge is 2.09. The van der Waals surface area contributed by atoms with Gasteiger partial charge in [0.1, 0.15) is 11.6 Å². The minimum Gasteiger partial charge on any atom is -0.386 e. The summed E-state index contributed by atoms with van der Waals surface area (Å²) in [7, 11) is -3.71. The van der Waals surface area contributed by atoms with E-state index < -0.39 is 15.9 Å². The molecule has 0 bridgehead atoms. The van der Waals surface area contributed by atoms with Crippen LogP contribution in [0.25, 0.3) is 0 Å². The maximum Gasteiger partial charge on any atom is 0.263 e. The first-order chi connectivity index (χ1) is 10.2. The summed E-state index contributed by atoms with van der Waals surface area (Å²) in [5.41, 5.74) is 0.750. The van der Waals surface area contributed by atoms with Crippen molar-refractivity contribution < 1.29 is 13.2 Å². The highest BCUT2D eigenvalue weighted by molar-refractivity contribution is 7.89. The number of carbonyl (C=O) groups is 1. The lowest BCUT2D eigenvalue weighted by Gasteiger charge is -2.07. The van der Waals surface area contributed by atoms with Crippen LogP contribution in [0.1, 0.15) is 19.4 Å². The Morgan fingerprint density at radius 2 is 1.95 bits per heavy atom. The molecule has 0 unspecified atom stereocenters. The molecule has 0 radical (unpaired) electrons. The van der Waals surface area contributed by atoms with E-state index >= 15 is 0 Å². The average molecular weight is 322 g/mol. The van der Waals surface area contributed by atoms with Crippen LogP contribution in [-0.4, -0.2) is 20.4 Å². The molecule has 0 aliphatic heterocycles. The van der Waals surface area contributed by atoms with Gasteiger partial charge in [0.25, 0.3) is 5.91 Å². The second-order valence-electron chi connectivity index (χ2n) is 4.87. The van der Waals surface area contributed by atoms with Crippen molar-refractivity contribution >= 4 is 15.9 Å². The summed E-state index contributed by atoms with van der Waals surface area (Å²) in [6, 6.07) is 7.74. The molecule has 0 aliphatic rings. The number of rotatable bonds is 6. The van der Waals surface area contributed by atoms with E-state index in [1.54, 1.807) is 26.0 Å². The third-order valence-corrected chi connectivity index (χ3v) is 3.52. The van der Waals surface area contributed by atoms with Crippen LogP contribution in [-0.2, 0) is 21.4 Å². The van der Waals surface area contributed by atoms with Crippen molar-refractivity contribution in [1.29, 1.82) is 5.26 Å². The predicted molar refractivity (Wildman–Crippen MR) is 81.6 cm³/mol. The number of nitrogens with one attached hydrogen (secondary N) is 2. The van der Waals surface area contributed by atoms with E-state index in [9.17, 15) is 13.2 Å². The lowest BCUT2D eigenvalue weighted by atomic mass is 10.2. The first-order valence-corrected chi connectivity index (χ1v) is 8.05. The molecule has 0 fully saturated rings. The molecule has 0 heterocycles. The number of primary sulfonamides is 1. The molecule has 1 amide bonds. The first kappa shape index (κ1) is 17.7. The van der Waals surface area contributed by atoms with Gasteiger partial charge in [0, 0.05) is 18.8 Å². The molecule has 4 N–H and O–H groups in total. The topological polar surface area (TPSA) is 125 Å². The van der Waals surface area contributed by atoms with Gasteiger partial charge in [-0.25, -0.2) is 13.6 Å². The SMILES string of the molecule is CC(C)NC(=O)/C(C#N)=C\NCc1ccc(S(N)(=O)=O)cc1. The van der Waals surface area contributed by atoms with E-state index in [4.69, 9.17) is 10.4 Å². The maximum absolute atomic E-state index is 11.7. The molecule has 1 rings (SSSR count). The standard InChI is InChI=1S/C14H18N4O3S/c1-10(2)18-14(19)12(7-15)9-17-8-11-3-5-13(6-4-11)22(16,20)21/h3-6,9-10,17H,8H2,1-2H3,(H,18,19)(H2,16,20,21)/b12-9-. The quantitative estimate of drug-likeness (QED) is 0.515. The number of nitriles is 1. The van der Waals surface area contributed by atoms with Crippen molar-refractivity contribution in [1.82, 2.24) is 10.6 Å². The second kappa shape index (κ2) is 7.59. The zero-order valence-electron chi connectivity index (χ0n) is 12.3. The van der Waals surface area contributed by atoms with Crippen LogP contribution in [0.2, 0.25) is 0 Å². The Labute approximate surface area is 129 Å². The number of nitrogens with zero attached hydrogens (tertiary/aromatic N) is 1. The molecule has 118 valence electrons. The molecule has 0 aliphatic carbocycles. The van der Waals surface area contributed by atoms with E-state index in [1.807, 2.05) is 6.07 Å². The third kappa shape index (κ3) is 5.55. The fourth-order valence-electron chi connectivity index (χ4n) is 1.56. The van der Waals surface area contributed by atoms with Gasteiger partial charge in [0.15, 0.2) is 0 Å². The minimum absolute atomic E-state index is 0.0285. The molecule has 0 aromatic heterocycles. The lowest BCUT2D eigenvalue weighted by molar-refractivity contribution is -0.117. The summed E-state index contributed by atoms with van der Waals surface area (Å²) in [5.74, 6) is -0.449. The van der Waals surface area contributed by atoms with Gasteiger partial charge in [-0.05, 0) is 31.5 Å². The molecule has 0 saturated heterocycles. The van der Waals surface area contributed by atoms with Gasteiger partial charge in [-0.1, -0.05) is 12.1 Å². The van der Waals surface area contributed by atoms with Crippen LogP contribution in [0.3, 0.4) is 0 Å². The van der Waals surface area contributed by atoms with Gasteiger partial charge in [-0.3, -0.25) is 4.79 Å². The summed E-state index contributed by atoms with van der Waals surface area (Å²) in [4.78, 5) is 11.7. The van der Waals surface area contributed by atoms with Crippen molar-refractivity contribution in [2.24, 2.45) is 5.14 Å². The van der Waals surface area contributed by atoms with Crippen LogP contribution in [0.4, 0.5) is 0 Å². The number of amides is 1. The Bertz CT molecular complexity index is 701. The van der Waals surface area contributed by atoms with Crippen molar-refractivity contribution in [3.8, 4) is 6.07 Å². The normalized spacial score (nSPS) is 11.9. The highest BCUT2D eigenvalue weighted by Crippen LogP contribution is 2.08. The predicted octanol–water partition coefficient (Wildman–Crippen LogP) is 0.356. The Kier molecular flexibility index (Phi) is 6.10. The molecule has 0 spiro atoms. The fraction of sp³-hybridized carbons (Fsp3) is 0.286. The van der Waals surface area contributed by atoms with Crippen LogP contribution < -0.4 is 15.8 Å². The van der Waals surface area contributed by atoms with E-state index in [-0.39, 0.29) is 16.5 Å². The summed E-state index contributed by atoms with van der Waals surface area (Å²) >= 11 is 0. The smallest absolute Gasteiger partial charge is 0.263 e. The van der Waals surface area contributed by atoms with Crippen molar-refractivity contribution in [3.63, 3.8) is 0 Å². The molecule has 1 aromatic carbocycles. The van der Waals surface area contributed by atoms with Gasteiger partial charge in [0.2, 0.25) is 10.0 Å². The van der Waals surface area contributed by atoms with Crippen LogP contribution in [0, 0.1) is 11.3 Å². The van der Waals surface area contributed by atoms with E-state index in [0.717, 1.165) is 5.56 Å². The zero-order chi connectivity index (χ0) is 16.8. The minimum atomic E-state index is -3.71. The average Bonchev–Trinajstić information content (AvgIpc) is 2.42. The number of nitrogens with two attached hydrogens (primary N) is 1. The molecular formula is C14H18N4O3S. The zero-order valence-corrected chi connectivity index (χ0v) is 13.1. The Morgan fingerprint density at radius 3 is 2.41 bits per heavy atom. The van der Waals surface area contributed by atoms with Gasteiger partial charge < -0.3 is 10.6 Å². The Hall–Kier alpha value is -2.37. The van der Waals surface area contributed by atoms with Gasteiger partial charge in [0.05, 0.1) is 4.90 Å². The highest BCUT2D eigenvalue weighted by atomic mass is 32.2. The molecule has 0 saturated carbocycles. The fourth-order valence-corrected chi connectivity index (χ4v) is 2.07. The maximum atomic E-state index is 11.7. The second-order valence-corrected chi connectivity index (χ2v) is 6.43. The van der Waals surface area contributed by atoms with Crippen molar-refractivity contribution in [3.05, 3.63) is 41.6 Å². The van der Waals surface area contributed by atoms with Crippen molar-refractivity contribution in [2.75, 3.05) is 0 Å². The molecule has 0 atom stereocenters. The summed E-state index contributed by atoms with van der Waals surface area (Å²) in [6.07, 6.45) is 1.32. The Balaban J connectivity index is 2.68. The molecule has 8 heteroatoms. The van der Waals surface area contributed by atoms with Gasteiger partial charge in [-0.2, -0.15) is 5.26 Å². The molecule has 22 heavy (non-hydrogen) atoms. The number of carbonyl (C=O) groups excluding carboxylic acids is 1. The summed E-state index contributed by atoms with van der Waals surface area (Å²) in [5, 5.41) is 19.4. The number of sulfonamides is 1. The largest absolute Gasteiger partial charge is 0.386 e. The van der Waals surface area contributed by atoms with Crippen LogP contribution in [0.5, 0.6) is 0 Å². The van der Waals surface area contributed by atoms with E-state index in [2.05, 4.69) is 10.6 Å². The van der Waals surface area contributed by atoms with Gasteiger partial charge >= 0.3 is 0 Å². The molecule has 1 aromatic rings. The number of hydrogen-bond donors (Lipinski definition) is 3. The number of benzene rings is 1. The number of hydrogen-bond acceptors (Lipinski definition) is 5. The monoisotopic (exact) mass is 322 g/mol. The summed E-state index contributed by atoms with van der Waals surface area (Å²) < 4.78 is 22.2. The lowest BCUT2D eigenvalue weighted by Crippen LogP contribution is -2.31. The van der Waals surface area contributed by atoms with Crippen LogP contribution in [0.15, 0.2) is 40.9 Å². The first-order valence-electron chi connectivity index (χ1n) is 6.50. The third-order valence-electron chi connectivity index (χ3n) is 2.59. The Morgan fingerprint density at radius 1 is 1.36 bits per heavy atom. The summed E-state index contributed by atoms with van der Waals surface area (Å²) in [6.45, 7) is 3.94. The van der Waals surface area contributed by atoms with Gasteiger partial charge in [-0.15, -0.1) is 0 Å². The van der Waals surface area contributed by atoms with E-state index in [1.165, 1.54) is 18.3 Å².